The molecule has 0 nitrogen and oxygen atoms in total. The van der Waals surface area contributed by atoms with Crippen molar-refractivity contribution in [1.82, 2.24) is 0 Å². The number of allylic oxidation sites excluding steroid dienone is 2. The molecule has 0 aromatic rings. The van der Waals surface area contributed by atoms with Crippen LogP contribution in [0.5, 0.6) is 0 Å². The number of rotatable bonds is 2. The third-order valence-corrected chi connectivity index (χ3v) is 3.75. The van der Waals surface area contributed by atoms with Gasteiger partial charge in [0.05, 0.1) is 16.1 Å². The van der Waals surface area contributed by atoms with E-state index in [4.69, 9.17) is 0 Å². The summed E-state index contributed by atoms with van der Waals surface area (Å²) < 4.78 is 0. The summed E-state index contributed by atoms with van der Waals surface area (Å²) in [5.41, 5.74) is 4.53. The molecule has 0 fully saturated rings. The average molecular weight is 222 g/mol. The number of hydrogen-bond acceptors (Lipinski definition) is 0. The van der Waals surface area contributed by atoms with E-state index < -0.39 is 16.1 Å². The Morgan fingerprint density at radius 1 is 0.643 bits per heavy atom. The van der Waals surface area contributed by atoms with Crippen LogP contribution in [0, 0.1) is 11.8 Å². The minimum Gasteiger partial charge on any atom is -0.0868 e. The topological polar surface area (TPSA) is 0 Å². The van der Waals surface area contributed by atoms with Crippen molar-refractivity contribution < 1.29 is 0 Å². The van der Waals surface area contributed by atoms with Crippen LogP contribution in [0.15, 0.2) is 23.6 Å². The molecule has 0 aliphatic carbocycles. The van der Waals surface area contributed by atoms with Gasteiger partial charge in [-0.25, -0.2) is 0 Å². The van der Waals surface area contributed by atoms with Gasteiger partial charge in [0.2, 0.25) is 0 Å². The molecule has 14 heavy (non-hydrogen) atoms. The zero-order valence-electron chi connectivity index (χ0n) is 10.3. The third-order valence-electron chi connectivity index (χ3n) is 1.42. The molecule has 0 unspecified atom stereocenters. The van der Waals surface area contributed by atoms with Gasteiger partial charge in [0, 0.05) is 0 Å². The highest BCUT2D eigenvalue weighted by Crippen LogP contribution is 2.01. The fraction of sp³-hybridized carbons (Fsp3) is 0.500. The Balaban J connectivity index is 4.10. The van der Waals surface area contributed by atoms with E-state index in [1.807, 2.05) is 12.2 Å². The molecule has 0 spiro atoms. The van der Waals surface area contributed by atoms with Gasteiger partial charge in [-0.3, -0.25) is 0 Å². The van der Waals surface area contributed by atoms with Crippen LogP contribution < -0.4 is 0 Å². The molecule has 0 aromatic heterocycles. The molecule has 2 heteroatoms. The maximum atomic E-state index is 3.05. The fourth-order valence-electron chi connectivity index (χ4n) is 0.680. The van der Waals surface area contributed by atoms with Gasteiger partial charge in [0.15, 0.2) is 0 Å². The molecule has 78 valence electrons. The van der Waals surface area contributed by atoms with E-state index in [-0.39, 0.29) is 0 Å². The molecule has 0 radical (unpaired) electrons. The molecule has 0 aliphatic heterocycles. The van der Waals surface area contributed by atoms with Crippen molar-refractivity contribution in [1.29, 1.82) is 0 Å². The van der Waals surface area contributed by atoms with Crippen LogP contribution in [0.2, 0.25) is 39.3 Å². The standard InChI is InChI=1S/C12H22Si2/c1-13(2,3)11-9-7-8-10-12-14(4,5)6/h9-12H,1-6H3/b11-9+,12-10+. The predicted molar refractivity (Wildman–Crippen MR) is 72.7 cm³/mol. The van der Waals surface area contributed by atoms with Crippen molar-refractivity contribution in [2.45, 2.75) is 39.3 Å². The summed E-state index contributed by atoms with van der Waals surface area (Å²) in [6.45, 7) is 13.9. The van der Waals surface area contributed by atoms with Crippen LogP contribution in [0.3, 0.4) is 0 Å². The Morgan fingerprint density at radius 3 is 1.14 bits per heavy atom. The maximum Gasteiger partial charge on any atom is 0.0695 e. The summed E-state index contributed by atoms with van der Waals surface area (Å²) in [6, 6.07) is 0. The largest absolute Gasteiger partial charge is 0.0868 e. The molecule has 0 N–H and O–H groups in total. The highest BCUT2D eigenvalue weighted by atomic mass is 28.3. The van der Waals surface area contributed by atoms with Crippen LogP contribution in [0.4, 0.5) is 0 Å². The molecule has 0 heterocycles. The molecule has 0 amide bonds. The van der Waals surface area contributed by atoms with Crippen LogP contribution >= 0.6 is 0 Å². The average Bonchev–Trinajstić information content (AvgIpc) is 1.92. The summed E-state index contributed by atoms with van der Waals surface area (Å²) in [6.07, 6.45) is 4.00. The second kappa shape index (κ2) is 5.38. The second-order valence-electron chi connectivity index (χ2n) is 5.69. The molecule has 0 bridgehead atoms. The zero-order valence-corrected chi connectivity index (χ0v) is 12.3. The van der Waals surface area contributed by atoms with E-state index in [1.165, 1.54) is 0 Å². The maximum absolute atomic E-state index is 3.05. The molecule has 0 rings (SSSR count). The Kier molecular flexibility index (Phi) is 5.18. The second-order valence-corrected chi connectivity index (χ2v) is 15.8. The summed E-state index contributed by atoms with van der Waals surface area (Å²) in [4.78, 5) is 0. The van der Waals surface area contributed by atoms with Gasteiger partial charge in [-0.05, 0) is 12.2 Å². The minimum absolute atomic E-state index is 1.05. The molecule has 0 saturated carbocycles. The van der Waals surface area contributed by atoms with Crippen molar-refractivity contribution in [2.75, 3.05) is 0 Å². The lowest BCUT2D eigenvalue weighted by Gasteiger charge is -2.06. The van der Waals surface area contributed by atoms with Crippen LogP contribution in [-0.2, 0) is 0 Å². The van der Waals surface area contributed by atoms with Crippen molar-refractivity contribution in [3.63, 3.8) is 0 Å². The van der Waals surface area contributed by atoms with E-state index >= 15 is 0 Å². The van der Waals surface area contributed by atoms with Gasteiger partial charge < -0.3 is 0 Å². The van der Waals surface area contributed by atoms with Crippen molar-refractivity contribution in [3.8, 4) is 11.8 Å². The smallest absolute Gasteiger partial charge is 0.0695 e. The van der Waals surface area contributed by atoms with Crippen molar-refractivity contribution in [3.05, 3.63) is 23.6 Å². The summed E-state index contributed by atoms with van der Waals surface area (Å²) in [5, 5.41) is 0. The predicted octanol–water partition coefficient (Wildman–Crippen LogP) is 3.86. The fourth-order valence-corrected chi connectivity index (χ4v) is 1.85. The van der Waals surface area contributed by atoms with Gasteiger partial charge in [-0.2, -0.15) is 0 Å². The van der Waals surface area contributed by atoms with Gasteiger partial charge in [-0.15, -0.1) is 0 Å². The molecule has 0 aromatic carbocycles. The molecular formula is C12H22Si2. The van der Waals surface area contributed by atoms with Crippen molar-refractivity contribution >= 4 is 16.1 Å². The first-order valence-electron chi connectivity index (χ1n) is 5.07. The Morgan fingerprint density at radius 2 is 0.929 bits per heavy atom. The molecule has 0 saturated heterocycles. The van der Waals surface area contributed by atoms with Crippen LogP contribution in [0.25, 0.3) is 0 Å². The lowest BCUT2D eigenvalue weighted by molar-refractivity contribution is 1.76. The zero-order chi connectivity index (χ0) is 11.2. The third kappa shape index (κ3) is 11.5. The normalized spacial score (nSPS) is 13.3. The lowest BCUT2D eigenvalue weighted by Crippen LogP contribution is -2.15. The van der Waals surface area contributed by atoms with E-state index in [2.05, 4.69) is 62.5 Å². The lowest BCUT2D eigenvalue weighted by atomic mass is 10.5. The van der Waals surface area contributed by atoms with E-state index in [0.29, 0.717) is 0 Å². The van der Waals surface area contributed by atoms with Crippen LogP contribution in [0.1, 0.15) is 0 Å². The van der Waals surface area contributed by atoms with E-state index in [9.17, 15) is 0 Å². The van der Waals surface area contributed by atoms with Crippen molar-refractivity contribution in [2.24, 2.45) is 0 Å². The summed E-state index contributed by atoms with van der Waals surface area (Å²) >= 11 is 0. The van der Waals surface area contributed by atoms with Gasteiger partial charge >= 0.3 is 0 Å². The molecular weight excluding hydrogens is 200 g/mol. The quantitative estimate of drug-likeness (QED) is 0.492. The Hall–Kier alpha value is -0.526. The summed E-state index contributed by atoms with van der Waals surface area (Å²) in [5.74, 6) is 6.11. The van der Waals surface area contributed by atoms with E-state index in [0.717, 1.165) is 0 Å². The molecule has 0 atom stereocenters. The van der Waals surface area contributed by atoms with Gasteiger partial charge in [-0.1, -0.05) is 62.5 Å². The minimum atomic E-state index is -1.05. The molecule has 0 aliphatic rings. The van der Waals surface area contributed by atoms with Gasteiger partial charge in [0.25, 0.3) is 0 Å². The summed E-state index contributed by atoms with van der Waals surface area (Å²) in [7, 11) is -2.11. The Labute approximate surface area is 91.1 Å². The Bertz CT molecular complexity index is 246. The first kappa shape index (κ1) is 13.5. The first-order valence-corrected chi connectivity index (χ1v) is 12.2. The van der Waals surface area contributed by atoms with Gasteiger partial charge in [0.1, 0.15) is 0 Å². The first-order chi connectivity index (χ1) is 6.21. The van der Waals surface area contributed by atoms with Crippen LogP contribution in [-0.4, -0.2) is 16.1 Å². The number of hydrogen-bond donors (Lipinski definition) is 0. The monoisotopic (exact) mass is 222 g/mol. The highest BCUT2D eigenvalue weighted by Gasteiger charge is 2.06. The highest BCUT2D eigenvalue weighted by molar-refractivity contribution is 6.81. The SMILES string of the molecule is C[Si](C)(C)/C=C/C#C/C=C/[Si](C)(C)C. The van der Waals surface area contributed by atoms with E-state index in [1.54, 1.807) is 0 Å².